The first-order valence-corrected chi connectivity index (χ1v) is 9.58. The van der Waals surface area contributed by atoms with Crippen molar-refractivity contribution >= 4 is 23.7 Å². The molecule has 0 fully saturated rings. The molecule has 0 saturated heterocycles. The molecule has 0 spiro atoms. The van der Waals surface area contributed by atoms with Crippen LogP contribution in [0.15, 0.2) is 4.99 Å². The highest BCUT2D eigenvalue weighted by atomic mass is 16.4. The van der Waals surface area contributed by atoms with E-state index in [2.05, 4.69) is 15.6 Å². The number of guanidine groups is 1. The van der Waals surface area contributed by atoms with Gasteiger partial charge in [0, 0.05) is 6.54 Å². The van der Waals surface area contributed by atoms with E-state index in [-0.39, 0.29) is 30.8 Å². The number of carboxylic acid groups (broad SMARTS) is 1. The van der Waals surface area contributed by atoms with Crippen molar-refractivity contribution in [1.82, 2.24) is 10.6 Å². The monoisotopic (exact) mass is 400 g/mol. The molecule has 162 valence electrons. The Balaban J connectivity index is 4.97. The van der Waals surface area contributed by atoms with Crippen LogP contribution in [0.25, 0.3) is 0 Å². The molecular formula is C18H36N6O4. The molecule has 0 aromatic heterocycles. The number of nitrogens with zero attached hydrogens (tertiary/aromatic N) is 1. The Labute approximate surface area is 166 Å². The molecule has 10 nitrogen and oxygen atoms in total. The van der Waals surface area contributed by atoms with Gasteiger partial charge in [-0.15, -0.1) is 0 Å². The molecule has 28 heavy (non-hydrogen) atoms. The van der Waals surface area contributed by atoms with E-state index in [0.29, 0.717) is 19.3 Å². The van der Waals surface area contributed by atoms with Crippen LogP contribution >= 0.6 is 0 Å². The third kappa shape index (κ3) is 11.4. The van der Waals surface area contributed by atoms with Gasteiger partial charge in [0.2, 0.25) is 11.8 Å². The second kappa shape index (κ2) is 12.9. The molecule has 0 radical (unpaired) electrons. The average molecular weight is 401 g/mol. The topological polar surface area (TPSA) is 186 Å². The van der Waals surface area contributed by atoms with Gasteiger partial charge in [-0.3, -0.25) is 14.6 Å². The van der Waals surface area contributed by atoms with Crippen molar-refractivity contribution in [2.45, 2.75) is 71.5 Å². The molecule has 9 N–H and O–H groups in total. The van der Waals surface area contributed by atoms with E-state index in [1.165, 1.54) is 0 Å². The van der Waals surface area contributed by atoms with E-state index < -0.39 is 35.9 Å². The van der Waals surface area contributed by atoms with Gasteiger partial charge in [0.1, 0.15) is 12.1 Å². The van der Waals surface area contributed by atoms with Gasteiger partial charge in [0.25, 0.3) is 0 Å². The first kappa shape index (κ1) is 25.6. The Hall–Kier alpha value is -2.36. The molecule has 3 unspecified atom stereocenters. The van der Waals surface area contributed by atoms with Gasteiger partial charge in [0.15, 0.2) is 5.96 Å². The summed E-state index contributed by atoms with van der Waals surface area (Å²) in [7, 11) is 0. The number of hydrogen-bond acceptors (Lipinski definition) is 5. The van der Waals surface area contributed by atoms with Gasteiger partial charge in [0.05, 0.1) is 6.04 Å². The molecular weight excluding hydrogens is 364 g/mol. The third-order valence-electron chi connectivity index (χ3n) is 3.96. The van der Waals surface area contributed by atoms with Crippen molar-refractivity contribution in [3.05, 3.63) is 0 Å². The van der Waals surface area contributed by atoms with Crippen molar-refractivity contribution in [2.24, 2.45) is 34.0 Å². The zero-order valence-corrected chi connectivity index (χ0v) is 17.3. The number of aliphatic imine (C=N–C) groups is 1. The van der Waals surface area contributed by atoms with E-state index in [4.69, 9.17) is 17.2 Å². The first-order valence-electron chi connectivity index (χ1n) is 9.58. The second-order valence-corrected chi connectivity index (χ2v) is 7.77. The van der Waals surface area contributed by atoms with E-state index in [1.54, 1.807) is 0 Å². The van der Waals surface area contributed by atoms with Crippen LogP contribution in [0.3, 0.4) is 0 Å². The van der Waals surface area contributed by atoms with Gasteiger partial charge in [-0.25, -0.2) is 4.79 Å². The fourth-order valence-electron chi connectivity index (χ4n) is 2.63. The average Bonchev–Trinajstić information content (AvgIpc) is 2.55. The smallest absolute Gasteiger partial charge is 0.326 e. The molecule has 0 aliphatic rings. The normalized spacial score (nSPS) is 14.2. The Kier molecular flexibility index (Phi) is 11.8. The fourth-order valence-corrected chi connectivity index (χ4v) is 2.63. The van der Waals surface area contributed by atoms with Crippen LogP contribution in [0.2, 0.25) is 0 Å². The zero-order chi connectivity index (χ0) is 21.9. The lowest BCUT2D eigenvalue weighted by Gasteiger charge is -2.24. The lowest BCUT2D eigenvalue weighted by molar-refractivity contribution is -0.142. The van der Waals surface area contributed by atoms with E-state index in [1.807, 2.05) is 27.7 Å². The summed E-state index contributed by atoms with van der Waals surface area (Å²) >= 11 is 0. The number of amides is 2. The minimum Gasteiger partial charge on any atom is -0.480 e. The van der Waals surface area contributed by atoms with Crippen LogP contribution < -0.4 is 27.8 Å². The maximum atomic E-state index is 12.6. The lowest BCUT2D eigenvalue weighted by atomic mass is 10.00. The maximum absolute atomic E-state index is 12.6. The number of carboxylic acids is 1. The quantitative estimate of drug-likeness (QED) is 0.137. The first-order chi connectivity index (χ1) is 12.9. The predicted molar refractivity (Wildman–Crippen MR) is 108 cm³/mol. The summed E-state index contributed by atoms with van der Waals surface area (Å²) < 4.78 is 0. The third-order valence-corrected chi connectivity index (χ3v) is 3.96. The summed E-state index contributed by atoms with van der Waals surface area (Å²) in [6.07, 6.45) is 1.40. The minimum absolute atomic E-state index is 0.0756. The highest BCUT2D eigenvalue weighted by molar-refractivity contribution is 5.91. The van der Waals surface area contributed by atoms with E-state index in [0.717, 1.165) is 0 Å². The molecule has 0 aliphatic heterocycles. The number of aliphatic carboxylic acids is 1. The Morgan fingerprint density at radius 1 is 0.929 bits per heavy atom. The number of carbonyl (C=O) groups excluding carboxylic acids is 2. The summed E-state index contributed by atoms with van der Waals surface area (Å²) in [5, 5.41) is 14.5. The van der Waals surface area contributed by atoms with Crippen LogP contribution in [-0.2, 0) is 14.4 Å². The number of nitrogens with one attached hydrogen (secondary N) is 2. The fraction of sp³-hybridized carbons (Fsp3) is 0.778. The van der Waals surface area contributed by atoms with Gasteiger partial charge < -0.3 is 32.9 Å². The summed E-state index contributed by atoms with van der Waals surface area (Å²) in [5.41, 5.74) is 16.3. The largest absolute Gasteiger partial charge is 0.480 e. The summed E-state index contributed by atoms with van der Waals surface area (Å²) in [5.74, 6) is -1.86. The highest BCUT2D eigenvalue weighted by Gasteiger charge is 2.28. The molecule has 0 aliphatic carbocycles. The number of nitrogens with two attached hydrogens (primary N) is 3. The van der Waals surface area contributed by atoms with Gasteiger partial charge in [-0.05, 0) is 37.5 Å². The molecule has 10 heteroatoms. The summed E-state index contributed by atoms with van der Waals surface area (Å²) in [6, 6.07) is -2.68. The molecule has 3 atom stereocenters. The van der Waals surface area contributed by atoms with Crippen molar-refractivity contribution in [2.75, 3.05) is 6.54 Å². The summed E-state index contributed by atoms with van der Waals surface area (Å²) in [6.45, 7) is 7.98. The van der Waals surface area contributed by atoms with Crippen molar-refractivity contribution < 1.29 is 19.5 Å². The number of hydrogen-bond donors (Lipinski definition) is 6. The molecule has 0 saturated carbocycles. The van der Waals surface area contributed by atoms with Crippen molar-refractivity contribution in [1.29, 1.82) is 0 Å². The maximum Gasteiger partial charge on any atom is 0.326 e. The van der Waals surface area contributed by atoms with Gasteiger partial charge in [-0.1, -0.05) is 27.7 Å². The Morgan fingerprint density at radius 2 is 1.46 bits per heavy atom. The summed E-state index contributed by atoms with van der Waals surface area (Å²) in [4.78, 5) is 40.2. The van der Waals surface area contributed by atoms with Crippen LogP contribution in [0, 0.1) is 11.8 Å². The lowest BCUT2D eigenvalue weighted by Crippen LogP contribution is -2.55. The Morgan fingerprint density at radius 3 is 1.93 bits per heavy atom. The predicted octanol–water partition coefficient (Wildman–Crippen LogP) is -0.486. The molecule has 0 aromatic carbocycles. The van der Waals surface area contributed by atoms with Crippen molar-refractivity contribution in [3.63, 3.8) is 0 Å². The zero-order valence-electron chi connectivity index (χ0n) is 17.3. The van der Waals surface area contributed by atoms with Crippen molar-refractivity contribution in [3.8, 4) is 0 Å². The molecule has 0 rings (SSSR count). The second-order valence-electron chi connectivity index (χ2n) is 7.77. The molecule has 0 bridgehead atoms. The van der Waals surface area contributed by atoms with Crippen LogP contribution in [-0.4, -0.2) is 53.5 Å². The van der Waals surface area contributed by atoms with Crippen LogP contribution in [0.1, 0.15) is 53.4 Å². The van der Waals surface area contributed by atoms with E-state index >= 15 is 0 Å². The van der Waals surface area contributed by atoms with Gasteiger partial charge >= 0.3 is 5.97 Å². The Bertz CT molecular complexity index is 546. The number of rotatable bonds is 13. The SMILES string of the molecule is CC(C)CC(N)C(=O)NC(CC(C)C)C(=O)NC(CCCN=C(N)N)C(=O)O. The standard InChI is InChI=1S/C18H36N6O4/c1-10(2)8-12(19)15(25)24-14(9-11(3)4)16(26)23-13(17(27)28)6-5-7-22-18(20)21/h10-14H,5-9,19H2,1-4H3,(H,23,26)(H,24,25)(H,27,28)(H4,20,21,22). The minimum atomic E-state index is -1.16. The molecule has 0 heterocycles. The van der Waals surface area contributed by atoms with Crippen LogP contribution in [0.5, 0.6) is 0 Å². The van der Waals surface area contributed by atoms with Crippen LogP contribution in [0.4, 0.5) is 0 Å². The molecule has 0 aromatic rings. The van der Waals surface area contributed by atoms with E-state index in [9.17, 15) is 19.5 Å². The highest BCUT2D eigenvalue weighted by Crippen LogP contribution is 2.09. The van der Waals surface area contributed by atoms with Gasteiger partial charge in [-0.2, -0.15) is 0 Å². The molecule has 2 amide bonds. The number of carbonyl (C=O) groups is 3.